The summed E-state index contributed by atoms with van der Waals surface area (Å²) in [6, 6.07) is 6.86. The highest BCUT2D eigenvalue weighted by Crippen LogP contribution is 2.08. The fourth-order valence-corrected chi connectivity index (χ4v) is 3.40. The van der Waals surface area contributed by atoms with Gasteiger partial charge in [0.25, 0.3) is 17.4 Å². The first kappa shape index (κ1) is 17.4. The maximum Gasteiger partial charge on any atom is 0.261 e. The maximum absolute atomic E-state index is 12.4. The molecule has 0 atom stereocenters. The van der Waals surface area contributed by atoms with Gasteiger partial charge in [-0.2, -0.15) is 0 Å². The minimum Gasteiger partial charge on any atom is -0.350 e. The fraction of sp³-hybridized carbons (Fsp3) is 0.353. The van der Waals surface area contributed by atoms with Gasteiger partial charge in [-0.05, 0) is 23.6 Å². The van der Waals surface area contributed by atoms with E-state index in [9.17, 15) is 14.4 Å². The van der Waals surface area contributed by atoms with E-state index in [1.54, 1.807) is 23.1 Å². The molecule has 8 heteroatoms. The van der Waals surface area contributed by atoms with Crippen LogP contribution in [0.15, 0.2) is 40.6 Å². The van der Waals surface area contributed by atoms with E-state index in [2.05, 4.69) is 15.2 Å². The lowest BCUT2D eigenvalue weighted by Crippen LogP contribution is -2.50. The zero-order valence-electron chi connectivity index (χ0n) is 13.7. The van der Waals surface area contributed by atoms with Crippen molar-refractivity contribution < 1.29 is 9.59 Å². The van der Waals surface area contributed by atoms with Crippen LogP contribution in [-0.2, 0) is 0 Å². The summed E-state index contributed by atoms with van der Waals surface area (Å²) in [5, 5.41) is 4.78. The summed E-state index contributed by atoms with van der Waals surface area (Å²) in [7, 11) is 0. The number of aromatic amines is 1. The van der Waals surface area contributed by atoms with E-state index >= 15 is 0 Å². The monoisotopic (exact) mass is 360 g/mol. The predicted molar refractivity (Wildman–Crippen MR) is 96.1 cm³/mol. The summed E-state index contributed by atoms with van der Waals surface area (Å²) >= 11 is 1.42. The molecule has 2 aromatic rings. The van der Waals surface area contributed by atoms with Crippen LogP contribution in [0.25, 0.3) is 0 Å². The summed E-state index contributed by atoms with van der Waals surface area (Å²) in [6.45, 7) is 3.92. The summed E-state index contributed by atoms with van der Waals surface area (Å²) in [4.78, 5) is 43.1. The molecule has 0 bridgehead atoms. The molecule has 3 rings (SSSR count). The Hall–Kier alpha value is -2.45. The number of hydrogen-bond donors (Lipinski definition) is 2. The number of carbonyl (C=O) groups is 2. The van der Waals surface area contributed by atoms with Crippen LogP contribution < -0.4 is 10.9 Å². The van der Waals surface area contributed by atoms with Crippen molar-refractivity contribution in [3.8, 4) is 0 Å². The highest BCUT2D eigenvalue weighted by atomic mass is 32.1. The van der Waals surface area contributed by atoms with Crippen molar-refractivity contribution in [1.29, 1.82) is 0 Å². The zero-order valence-corrected chi connectivity index (χ0v) is 14.6. The zero-order chi connectivity index (χ0) is 17.6. The Morgan fingerprint density at radius 2 is 1.96 bits per heavy atom. The van der Waals surface area contributed by atoms with Gasteiger partial charge in [-0.3, -0.25) is 19.3 Å². The lowest BCUT2D eigenvalue weighted by molar-refractivity contribution is 0.0636. The molecule has 0 unspecified atom stereocenters. The molecule has 0 spiro atoms. The van der Waals surface area contributed by atoms with E-state index in [0.717, 1.165) is 19.6 Å². The highest BCUT2D eigenvalue weighted by Gasteiger charge is 2.23. The third-order valence-corrected chi connectivity index (χ3v) is 5.04. The van der Waals surface area contributed by atoms with Crippen LogP contribution in [0.2, 0.25) is 0 Å². The van der Waals surface area contributed by atoms with E-state index in [0.29, 0.717) is 24.5 Å². The average Bonchev–Trinajstić information content (AvgIpc) is 3.17. The Kier molecular flexibility index (Phi) is 5.62. The smallest absolute Gasteiger partial charge is 0.261 e. The number of hydrogen-bond acceptors (Lipinski definition) is 5. The predicted octanol–water partition coefficient (Wildman–Crippen LogP) is 0.624. The van der Waals surface area contributed by atoms with Crippen LogP contribution >= 0.6 is 11.3 Å². The summed E-state index contributed by atoms with van der Waals surface area (Å²) in [5.41, 5.74) is -0.176. The van der Waals surface area contributed by atoms with E-state index < -0.39 is 0 Å². The molecule has 25 heavy (non-hydrogen) atoms. The Labute approximate surface area is 149 Å². The van der Waals surface area contributed by atoms with Gasteiger partial charge in [0.1, 0.15) is 5.56 Å². The molecular formula is C17H20N4O3S. The number of thiophene rings is 1. The maximum atomic E-state index is 12.4. The fourth-order valence-electron chi connectivity index (χ4n) is 2.76. The third kappa shape index (κ3) is 4.34. The van der Waals surface area contributed by atoms with Crippen molar-refractivity contribution in [2.24, 2.45) is 0 Å². The van der Waals surface area contributed by atoms with Crippen LogP contribution in [0.4, 0.5) is 0 Å². The SMILES string of the molecule is O=C(NCCN1CCN(C(=O)c2ccc[nH]c2=O)CC1)c1cccs1. The van der Waals surface area contributed by atoms with Gasteiger partial charge >= 0.3 is 0 Å². The topological polar surface area (TPSA) is 85.5 Å². The molecule has 2 amide bonds. The molecular weight excluding hydrogens is 340 g/mol. The molecule has 1 aliphatic rings. The number of nitrogens with one attached hydrogen (secondary N) is 2. The summed E-state index contributed by atoms with van der Waals surface area (Å²) < 4.78 is 0. The largest absolute Gasteiger partial charge is 0.350 e. The second-order valence-corrected chi connectivity index (χ2v) is 6.73. The second-order valence-electron chi connectivity index (χ2n) is 5.78. The van der Waals surface area contributed by atoms with Crippen LogP contribution in [0, 0.1) is 0 Å². The van der Waals surface area contributed by atoms with Crippen molar-refractivity contribution in [2.75, 3.05) is 39.3 Å². The molecule has 1 aliphatic heterocycles. The molecule has 0 aliphatic carbocycles. The van der Waals surface area contributed by atoms with Crippen LogP contribution in [-0.4, -0.2) is 65.9 Å². The second kappa shape index (κ2) is 8.09. The molecule has 2 N–H and O–H groups in total. The van der Waals surface area contributed by atoms with Gasteiger partial charge in [-0.25, -0.2) is 0 Å². The minimum absolute atomic E-state index is 0.0490. The van der Waals surface area contributed by atoms with Gasteiger partial charge in [-0.15, -0.1) is 11.3 Å². The molecule has 1 fully saturated rings. The van der Waals surface area contributed by atoms with Gasteiger partial charge in [0.15, 0.2) is 0 Å². The Balaban J connectivity index is 1.43. The van der Waals surface area contributed by atoms with E-state index in [-0.39, 0.29) is 22.9 Å². The molecule has 2 aromatic heterocycles. The van der Waals surface area contributed by atoms with Crippen molar-refractivity contribution in [2.45, 2.75) is 0 Å². The molecule has 1 saturated heterocycles. The number of pyridine rings is 1. The first-order chi connectivity index (χ1) is 12.1. The number of rotatable bonds is 5. The van der Waals surface area contributed by atoms with E-state index in [1.165, 1.54) is 17.5 Å². The number of amides is 2. The van der Waals surface area contributed by atoms with Crippen LogP contribution in [0.1, 0.15) is 20.0 Å². The summed E-state index contributed by atoms with van der Waals surface area (Å²) in [6.07, 6.45) is 1.52. The Morgan fingerprint density at radius 3 is 2.64 bits per heavy atom. The number of H-pyrrole nitrogens is 1. The summed E-state index contributed by atoms with van der Waals surface area (Å²) in [5.74, 6) is -0.278. The van der Waals surface area contributed by atoms with Gasteiger partial charge < -0.3 is 15.2 Å². The normalized spacial score (nSPS) is 15.1. The molecule has 132 valence electrons. The average molecular weight is 360 g/mol. The van der Waals surface area contributed by atoms with Crippen LogP contribution in [0.3, 0.4) is 0 Å². The van der Waals surface area contributed by atoms with E-state index in [4.69, 9.17) is 0 Å². The first-order valence-electron chi connectivity index (χ1n) is 8.16. The lowest BCUT2D eigenvalue weighted by Gasteiger charge is -2.34. The van der Waals surface area contributed by atoms with Gasteiger partial charge in [0, 0.05) is 45.5 Å². The molecule has 0 aromatic carbocycles. The lowest BCUT2D eigenvalue weighted by atomic mass is 10.2. The number of nitrogens with zero attached hydrogens (tertiary/aromatic N) is 2. The molecule has 7 nitrogen and oxygen atoms in total. The van der Waals surface area contributed by atoms with Crippen molar-refractivity contribution >= 4 is 23.2 Å². The van der Waals surface area contributed by atoms with Crippen molar-refractivity contribution in [1.82, 2.24) is 20.1 Å². The van der Waals surface area contributed by atoms with Gasteiger partial charge in [0.05, 0.1) is 4.88 Å². The quantitative estimate of drug-likeness (QED) is 0.819. The first-order valence-corrected chi connectivity index (χ1v) is 9.04. The van der Waals surface area contributed by atoms with E-state index in [1.807, 2.05) is 11.4 Å². The highest BCUT2D eigenvalue weighted by molar-refractivity contribution is 7.12. The number of carbonyl (C=O) groups excluding carboxylic acids is 2. The molecule has 3 heterocycles. The van der Waals surface area contributed by atoms with Gasteiger partial charge in [-0.1, -0.05) is 6.07 Å². The molecule has 0 radical (unpaired) electrons. The molecule has 0 saturated carbocycles. The third-order valence-electron chi connectivity index (χ3n) is 4.17. The van der Waals surface area contributed by atoms with Crippen LogP contribution in [0.5, 0.6) is 0 Å². The number of aromatic nitrogens is 1. The number of piperazine rings is 1. The Bertz CT molecular complexity index is 779. The standard InChI is InChI=1S/C17H20N4O3S/c22-15-13(3-1-5-18-15)17(24)21-10-8-20(9-11-21)7-6-19-16(23)14-4-2-12-25-14/h1-5,12H,6-11H2,(H,18,22)(H,19,23). The van der Waals surface area contributed by atoms with Crippen molar-refractivity contribution in [3.63, 3.8) is 0 Å². The van der Waals surface area contributed by atoms with Gasteiger partial charge in [0.2, 0.25) is 0 Å². The van der Waals surface area contributed by atoms with Crippen molar-refractivity contribution in [3.05, 3.63) is 56.6 Å². The minimum atomic E-state index is -0.355. The Morgan fingerprint density at radius 1 is 1.16 bits per heavy atom.